The van der Waals surface area contributed by atoms with Crippen LogP contribution in [0.5, 0.6) is 0 Å². The van der Waals surface area contributed by atoms with E-state index in [1.165, 1.54) is 0 Å². The number of amides is 2. The molecule has 2 N–H and O–H groups in total. The van der Waals surface area contributed by atoms with Crippen molar-refractivity contribution in [1.82, 2.24) is 29.7 Å². The molecule has 0 spiro atoms. The summed E-state index contributed by atoms with van der Waals surface area (Å²) in [6.07, 6.45) is 7.06. The fraction of sp³-hybridized carbons (Fsp3) is 0.500. The van der Waals surface area contributed by atoms with Crippen molar-refractivity contribution in [3.05, 3.63) is 72.6 Å². The molecule has 1 unspecified atom stereocenters. The fourth-order valence-corrected chi connectivity index (χ4v) is 8.65. The number of likely N-dealkylation sites (tertiary alicyclic amines) is 2. The summed E-state index contributed by atoms with van der Waals surface area (Å²) in [5, 5.41) is 0. The molecule has 2 aliphatic carbocycles. The van der Waals surface area contributed by atoms with Crippen molar-refractivity contribution < 1.29 is 27.2 Å². The highest BCUT2D eigenvalue weighted by Gasteiger charge is 2.43. The van der Waals surface area contributed by atoms with Crippen LogP contribution in [0.2, 0.25) is 0 Å². The van der Waals surface area contributed by atoms with Crippen molar-refractivity contribution in [3.8, 4) is 33.6 Å². The lowest BCUT2D eigenvalue weighted by atomic mass is 9.85. The van der Waals surface area contributed by atoms with Gasteiger partial charge in [0, 0.05) is 74.1 Å². The summed E-state index contributed by atoms with van der Waals surface area (Å²) in [7, 11) is 0. The lowest BCUT2D eigenvalue weighted by molar-refractivity contribution is -0.141. The number of rotatable bonds is 7. The van der Waals surface area contributed by atoms with Gasteiger partial charge in [-0.1, -0.05) is 48.5 Å². The molecule has 274 valence electrons. The molecule has 0 bridgehead atoms. The zero-order valence-electron chi connectivity index (χ0n) is 29.1. The predicted octanol–water partition coefficient (Wildman–Crippen LogP) is 9.11. The predicted molar refractivity (Wildman–Crippen MR) is 188 cm³/mol. The molecular weight excluding hydrogens is 672 g/mol. The summed E-state index contributed by atoms with van der Waals surface area (Å²) < 4.78 is 54.8. The van der Waals surface area contributed by atoms with Crippen LogP contribution in [-0.4, -0.2) is 66.5 Å². The summed E-state index contributed by atoms with van der Waals surface area (Å²) in [5.74, 6) is -4.61. The van der Waals surface area contributed by atoms with Gasteiger partial charge in [-0.15, -0.1) is 0 Å². The molecule has 4 aromatic rings. The van der Waals surface area contributed by atoms with Crippen LogP contribution >= 0.6 is 0 Å². The first-order valence-electron chi connectivity index (χ1n) is 18.7. The average molecular weight is 717 g/mol. The summed E-state index contributed by atoms with van der Waals surface area (Å²) >= 11 is 0. The largest absolute Gasteiger partial charge is 0.346 e. The molecule has 2 atom stereocenters. The highest BCUT2D eigenvalue weighted by atomic mass is 19.3. The van der Waals surface area contributed by atoms with Gasteiger partial charge < -0.3 is 19.8 Å². The zero-order chi connectivity index (χ0) is 36.0. The van der Waals surface area contributed by atoms with Gasteiger partial charge in [-0.3, -0.25) is 9.59 Å². The lowest BCUT2D eigenvalue weighted by Crippen LogP contribution is -2.39. The smallest absolute Gasteiger partial charge is 0.248 e. The number of alkyl halides is 4. The number of benzene rings is 2. The Kier molecular flexibility index (Phi) is 9.19. The Labute approximate surface area is 300 Å². The van der Waals surface area contributed by atoms with E-state index in [1.807, 2.05) is 46.5 Å². The summed E-state index contributed by atoms with van der Waals surface area (Å²) in [6.45, 7) is 1.24. The van der Waals surface area contributed by atoms with Crippen molar-refractivity contribution in [2.75, 3.05) is 13.1 Å². The van der Waals surface area contributed by atoms with E-state index in [1.54, 1.807) is 0 Å². The normalized spacial score (nSPS) is 23.7. The minimum Gasteiger partial charge on any atom is -0.346 e. The third kappa shape index (κ3) is 7.00. The zero-order valence-corrected chi connectivity index (χ0v) is 29.1. The molecule has 4 heterocycles. The van der Waals surface area contributed by atoms with E-state index in [9.17, 15) is 27.2 Å². The van der Waals surface area contributed by atoms with Gasteiger partial charge >= 0.3 is 0 Å². The van der Waals surface area contributed by atoms with Gasteiger partial charge in [0.05, 0.1) is 23.5 Å². The van der Waals surface area contributed by atoms with Crippen LogP contribution in [0.1, 0.15) is 101 Å². The van der Waals surface area contributed by atoms with Crippen LogP contribution in [0, 0.1) is 11.8 Å². The second-order valence-corrected chi connectivity index (χ2v) is 15.1. The minimum atomic E-state index is -2.66. The first-order chi connectivity index (χ1) is 25.0. The number of carbonyl (C=O) groups is 2. The molecule has 2 aliphatic heterocycles. The summed E-state index contributed by atoms with van der Waals surface area (Å²) in [5.41, 5.74) is 5.53. The number of imidazole rings is 2. The second kappa shape index (κ2) is 13.8. The second-order valence-electron chi connectivity index (χ2n) is 15.1. The van der Waals surface area contributed by atoms with E-state index >= 15 is 0 Å². The minimum absolute atomic E-state index is 0.0283. The van der Waals surface area contributed by atoms with E-state index in [4.69, 9.17) is 9.97 Å². The van der Waals surface area contributed by atoms with E-state index < -0.39 is 11.8 Å². The maximum Gasteiger partial charge on any atom is 0.248 e. The molecule has 2 saturated carbocycles. The van der Waals surface area contributed by atoms with E-state index in [-0.39, 0.29) is 87.1 Å². The van der Waals surface area contributed by atoms with Crippen molar-refractivity contribution in [2.24, 2.45) is 11.8 Å². The highest BCUT2D eigenvalue weighted by Crippen LogP contribution is 2.42. The van der Waals surface area contributed by atoms with Crippen LogP contribution in [0.15, 0.2) is 60.9 Å². The molecule has 4 fully saturated rings. The number of halogens is 4. The topological polar surface area (TPSA) is 98.0 Å². The van der Waals surface area contributed by atoms with Crippen LogP contribution < -0.4 is 0 Å². The van der Waals surface area contributed by atoms with E-state index in [2.05, 4.69) is 34.2 Å². The van der Waals surface area contributed by atoms with Gasteiger partial charge in [-0.25, -0.2) is 27.5 Å². The molecule has 2 aromatic carbocycles. The maximum absolute atomic E-state index is 13.7. The molecule has 0 radical (unpaired) electrons. The van der Waals surface area contributed by atoms with Gasteiger partial charge in [-0.05, 0) is 62.5 Å². The highest BCUT2D eigenvalue weighted by molar-refractivity contribution is 5.80. The Hall–Kier alpha value is -4.48. The quantitative estimate of drug-likeness (QED) is 0.187. The summed E-state index contributed by atoms with van der Waals surface area (Å²) in [6, 6.07) is 15.9. The average Bonchev–Trinajstić information content (AvgIpc) is 3.98. The van der Waals surface area contributed by atoms with Crippen LogP contribution in [0.25, 0.3) is 33.6 Å². The number of carbonyl (C=O) groups excluding carboxylic acids is 2. The molecule has 2 saturated heterocycles. The molecule has 2 amide bonds. The Morgan fingerprint density at radius 1 is 0.558 bits per heavy atom. The number of hydrogen-bond donors (Lipinski definition) is 2. The van der Waals surface area contributed by atoms with Gasteiger partial charge in [0.1, 0.15) is 11.6 Å². The van der Waals surface area contributed by atoms with Crippen LogP contribution in [0.4, 0.5) is 17.6 Å². The maximum atomic E-state index is 13.7. The molecule has 12 heteroatoms. The molecule has 2 aromatic heterocycles. The number of H-pyrrole nitrogens is 2. The molecule has 4 aliphatic rings. The van der Waals surface area contributed by atoms with Crippen LogP contribution in [-0.2, 0) is 9.59 Å². The number of aromatic nitrogens is 4. The van der Waals surface area contributed by atoms with Crippen molar-refractivity contribution in [2.45, 2.75) is 101 Å². The van der Waals surface area contributed by atoms with Crippen molar-refractivity contribution in [1.29, 1.82) is 0 Å². The van der Waals surface area contributed by atoms with E-state index in [0.29, 0.717) is 13.1 Å². The Balaban J connectivity index is 0.898. The summed E-state index contributed by atoms with van der Waals surface area (Å²) in [4.78, 5) is 46.6. The molecular formula is C40H44F4N6O2. The van der Waals surface area contributed by atoms with Gasteiger partial charge in [0.25, 0.3) is 0 Å². The number of aromatic amines is 2. The number of hydrogen-bond acceptors (Lipinski definition) is 4. The fourth-order valence-electron chi connectivity index (χ4n) is 8.65. The van der Waals surface area contributed by atoms with E-state index in [0.717, 1.165) is 71.0 Å². The SMILES string of the molecule is O=C(C1CCC(F)(F)CC1)N1CCCC1c1nc(-c2ccc(-c3ccc(-c4c[nH]c([C@@H]5CCCN5C(=O)C5CCC(F)(F)CC5)n4)cc3)cc2)c[nH]1. The van der Waals surface area contributed by atoms with Crippen LogP contribution in [0.3, 0.4) is 0 Å². The first kappa shape index (κ1) is 34.6. The van der Waals surface area contributed by atoms with Crippen molar-refractivity contribution >= 4 is 11.8 Å². The third-order valence-corrected chi connectivity index (χ3v) is 11.7. The standard InChI is InChI=1S/C40H44F4N6O2/c41-39(42)17-13-29(14-18-39)37(51)49-21-1-3-33(49)35-45-23-31(47-35)27-9-5-25(6-10-27)26-7-11-28(12-8-26)32-24-46-36(48-32)34-4-2-22-50(34)38(52)30-15-19-40(43,44)20-16-30/h5-12,23-24,29-30,33-34H,1-4,13-22H2,(H,45,47)(H,46,48)/t33-,34?/m0/s1. The lowest BCUT2D eigenvalue weighted by Gasteiger charge is -2.32. The number of nitrogens with one attached hydrogen (secondary N) is 2. The van der Waals surface area contributed by atoms with Gasteiger partial charge in [0.15, 0.2) is 0 Å². The Morgan fingerprint density at radius 3 is 1.27 bits per heavy atom. The Morgan fingerprint density at radius 2 is 0.904 bits per heavy atom. The first-order valence-corrected chi connectivity index (χ1v) is 18.7. The molecule has 52 heavy (non-hydrogen) atoms. The van der Waals surface area contributed by atoms with Gasteiger partial charge in [-0.2, -0.15) is 0 Å². The third-order valence-electron chi connectivity index (χ3n) is 11.7. The van der Waals surface area contributed by atoms with Crippen molar-refractivity contribution in [3.63, 3.8) is 0 Å². The van der Waals surface area contributed by atoms with Gasteiger partial charge in [0.2, 0.25) is 23.7 Å². The Bertz CT molecular complexity index is 1750. The molecule has 8 nitrogen and oxygen atoms in total. The molecule has 8 rings (SSSR count). The monoisotopic (exact) mass is 716 g/mol. The number of nitrogens with zero attached hydrogens (tertiary/aromatic N) is 4.